The number of carbonyl (C=O) groups excluding carboxylic acids is 1. The van der Waals surface area contributed by atoms with E-state index in [1.807, 2.05) is 13.8 Å². The summed E-state index contributed by atoms with van der Waals surface area (Å²) in [4.78, 5) is 12.4. The number of nitrogens with one attached hydrogen (secondary N) is 2. The van der Waals surface area contributed by atoms with Gasteiger partial charge in [-0.15, -0.1) is 0 Å². The lowest BCUT2D eigenvalue weighted by atomic mass is 10.2. The van der Waals surface area contributed by atoms with E-state index >= 15 is 0 Å². The Morgan fingerprint density at radius 3 is 2.17 bits per heavy atom. The average Bonchev–Trinajstić information content (AvgIpc) is 2.69. The van der Waals surface area contributed by atoms with E-state index in [9.17, 15) is 9.90 Å². The van der Waals surface area contributed by atoms with E-state index in [4.69, 9.17) is 9.47 Å². The maximum absolute atomic E-state index is 12.4. The van der Waals surface area contributed by atoms with Gasteiger partial charge in [0.1, 0.15) is 17.6 Å². The van der Waals surface area contributed by atoms with Crippen molar-refractivity contribution in [3.8, 4) is 11.5 Å². The summed E-state index contributed by atoms with van der Waals surface area (Å²) in [6, 6.07) is 14.3. The Labute approximate surface area is 173 Å². The second-order valence-corrected chi connectivity index (χ2v) is 7.31. The largest absolute Gasteiger partial charge is 0.494 e. The average molecular weight is 401 g/mol. The van der Waals surface area contributed by atoms with Gasteiger partial charge < -0.3 is 19.9 Å². The SMILES string of the molecule is CCCCOc1ccc(C(=O)Nc2ccc(OC(NC(C)C)C(C)O)cc2)cc1. The van der Waals surface area contributed by atoms with E-state index in [0.717, 1.165) is 18.6 Å². The van der Waals surface area contributed by atoms with Crippen molar-refractivity contribution in [2.24, 2.45) is 0 Å². The molecule has 2 atom stereocenters. The van der Waals surface area contributed by atoms with Gasteiger partial charge in [0.05, 0.1) is 6.61 Å². The van der Waals surface area contributed by atoms with Crippen LogP contribution in [0.25, 0.3) is 0 Å². The highest BCUT2D eigenvalue weighted by Gasteiger charge is 2.17. The minimum absolute atomic E-state index is 0.177. The van der Waals surface area contributed by atoms with E-state index in [2.05, 4.69) is 17.6 Å². The van der Waals surface area contributed by atoms with Gasteiger partial charge in [-0.25, -0.2) is 0 Å². The van der Waals surface area contributed by atoms with E-state index in [1.165, 1.54) is 0 Å². The third-order valence-corrected chi connectivity index (χ3v) is 4.19. The van der Waals surface area contributed by atoms with Crippen LogP contribution < -0.4 is 20.1 Å². The first-order valence-electron chi connectivity index (χ1n) is 10.1. The predicted octanol–water partition coefficient (Wildman–Crippen LogP) is 4.20. The zero-order valence-electron chi connectivity index (χ0n) is 17.6. The zero-order valence-corrected chi connectivity index (χ0v) is 17.6. The fraction of sp³-hybridized carbons (Fsp3) is 0.435. The Bertz CT molecular complexity index is 742. The van der Waals surface area contributed by atoms with Crippen molar-refractivity contribution < 1.29 is 19.4 Å². The van der Waals surface area contributed by atoms with Crippen molar-refractivity contribution >= 4 is 11.6 Å². The van der Waals surface area contributed by atoms with Gasteiger partial charge in [-0.3, -0.25) is 10.1 Å². The van der Waals surface area contributed by atoms with Gasteiger partial charge in [0, 0.05) is 17.3 Å². The zero-order chi connectivity index (χ0) is 21.2. The maximum Gasteiger partial charge on any atom is 0.255 e. The number of carbonyl (C=O) groups is 1. The van der Waals surface area contributed by atoms with Gasteiger partial charge in [-0.05, 0) is 75.7 Å². The van der Waals surface area contributed by atoms with Crippen molar-refractivity contribution in [2.45, 2.75) is 58.9 Å². The lowest BCUT2D eigenvalue weighted by Gasteiger charge is -2.25. The highest BCUT2D eigenvalue weighted by Crippen LogP contribution is 2.19. The fourth-order valence-electron chi connectivity index (χ4n) is 2.60. The van der Waals surface area contributed by atoms with Gasteiger partial charge in [-0.1, -0.05) is 13.3 Å². The Balaban J connectivity index is 1.92. The van der Waals surface area contributed by atoms with Crippen LogP contribution >= 0.6 is 0 Å². The maximum atomic E-state index is 12.4. The molecule has 2 aromatic rings. The van der Waals surface area contributed by atoms with Crippen molar-refractivity contribution in [2.75, 3.05) is 11.9 Å². The molecule has 6 nitrogen and oxygen atoms in total. The third kappa shape index (κ3) is 7.75. The normalized spacial score (nSPS) is 13.0. The van der Waals surface area contributed by atoms with Crippen molar-refractivity contribution in [3.63, 3.8) is 0 Å². The Kier molecular flexibility index (Phi) is 8.96. The summed E-state index contributed by atoms with van der Waals surface area (Å²) in [5, 5.41) is 15.9. The summed E-state index contributed by atoms with van der Waals surface area (Å²) < 4.78 is 11.4. The van der Waals surface area contributed by atoms with Crippen LogP contribution in [-0.2, 0) is 0 Å². The summed E-state index contributed by atoms with van der Waals surface area (Å²) in [5.41, 5.74) is 1.22. The van der Waals surface area contributed by atoms with Crippen LogP contribution in [0.15, 0.2) is 48.5 Å². The number of rotatable bonds is 11. The molecule has 0 aliphatic carbocycles. The molecule has 0 heterocycles. The number of hydrogen-bond acceptors (Lipinski definition) is 5. The number of aliphatic hydroxyl groups excluding tert-OH is 1. The van der Waals surface area contributed by atoms with Crippen molar-refractivity contribution in [1.82, 2.24) is 5.32 Å². The predicted molar refractivity (Wildman–Crippen MR) is 116 cm³/mol. The molecule has 2 unspecified atom stereocenters. The molecule has 0 radical (unpaired) electrons. The first-order chi connectivity index (χ1) is 13.9. The van der Waals surface area contributed by atoms with Crippen LogP contribution in [0.5, 0.6) is 11.5 Å². The fourth-order valence-corrected chi connectivity index (χ4v) is 2.60. The molecule has 0 saturated heterocycles. The monoisotopic (exact) mass is 400 g/mol. The van der Waals surface area contributed by atoms with Gasteiger partial charge in [0.2, 0.25) is 0 Å². The molecule has 0 saturated carbocycles. The molecule has 29 heavy (non-hydrogen) atoms. The number of hydrogen-bond donors (Lipinski definition) is 3. The summed E-state index contributed by atoms with van der Waals surface area (Å²) in [7, 11) is 0. The third-order valence-electron chi connectivity index (χ3n) is 4.19. The molecule has 0 aliphatic rings. The molecule has 2 rings (SSSR count). The summed E-state index contributed by atoms with van der Waals surface area (Å²) in [6.07, 6.45) is 0.922. The number of benzene rings is 2. The van der Waals surface area contributed by atoms with Gasteiger partial charge >= 0.3 is 0 Å². The highest BCUT2D eigenvalue weighted by molar-refractivity contribution is 6.04. The van der Waals surface area contributed by atoms with Crippen molar-refractivity contribution in [3.05, 3.63) is 54.1 Å². The van der Waals surface area contributed by atoms with E-state index < -0.39 is 12.3 Å². The standard InChI is InChI=1S/C23H32N2O4/c1-5-6-15-28-20-11-7-18(8-12-20)22(27)25-19-9-13-21(14-10-19)29-23(17(4)26)24-16(2)3/h7-14,16-17,23-24,26H,5-6,15H2,1-4H3,(H,25,27). The Hall–Kier alpha value is -2.57. The smallest absolute Gasteiger partial charge is 0.255 e. The topological polar surface area (TPSA) is 79.8 Å². The molecule has 6 heteroatoms. The molecule has 2 aromatic carbocycles. The Morgan fingerprint density at radius 2 is 1.62 bits per heavy atom. The van der Waals surface area contributed by atoms with E-state index in [-0.39, 0.29) is 11.9 Å². The van der Waals surface area contributed by atoms with Gasteiger partial charge in [0.25, 0.3) is 5.91 Å². The molecule has 0 bridgehead atoms. The number of aliphatic hydroxyl groups is 1. The van der Waals surface area contributed by atoms with Crippen LogP contribution in [0, 0.1) is 0 Å². The summed E-state index contributed by atoms with van der Waals surface area (Å²) in [5.74, 6) is 1.18. The first kappa shape index (κ1) is 22.7. The quantitative estimate of drug-likeness (QED) is 0.389. The lowest BCUT2D eigenvalue weighted by molar-refractivity contribution is 0.0218. The molecular weight excluding hydrogens is 368 g/mol. The van der Waals surface area contributed by atoms with Gasteiger partial charge in [-0.2, -0.15) is 0 Å². The minimum Gasteiger partial charge on any atom is -0.494 e. The number of unbranched alkanes of at least 4 members (excludes halogenated alkanes) is 1. The van der Waals surface area contributed by atoms with E-state index in [0.29, 0.717) is 23.6 Å². The van der Waals surface area contributed by atoms with Crippen LogP contribution in [0.2, 0.25) is 0 Å². The first-order valence-corrected chi connectivity index (χ1v) is 10.1. The van der Waals surface area contributed by atoms with Crippen LogP contribution in [0.4, 0.5) is 5.69 Å². The summed E-state index contributed by atoms with van der Waals surface area (Å²) in [6.45, 7) is 8.44. The second kappa shape index (κ2) is 11.4. The van der Waals surface area contributed by atoms with Crippen LogP contribution in [-0.4, -0.2) is 36.0 Å². The van der Waals surface area contributed by atoms with Crippen molar-refractivity contribution in [1.29, 1.82) is 0 Å². The Morgan fingerprint density at radius 1 is 1.00 bits per heavy atom. The molecule has 158 valence electrons. The highest BCUT2D eigenvalue weighted by atomic mass is 16.5. The van der Waals surface area contributed by atoms with Crippen LogP contribution in [0.1, 0.15) is 50.9 Å². The van der Waals surface area contributed by atoms with Gasteiger partial charge in [0.15, 0.2) is 6.23 Å². The molecule has 1 amide bonds. The molecule has 0 spiro atoms. The lowest BCUT2D eigenvalue weighted by Crippen LogP contribution is -2.46. The molecule has 0 aromatic heterocycles. The van der Waals surface area contributed by atoms with E-state index in [1.54, 1.807) is 55.5 Å². The second-order valence-electron chi connectivity index (χ2n) is 7.31. The molecular formula is C23H32N2O4. The number of ether oxygens (including phenoxy) is 2. The number of amides is 1. The molecule has 0 aliphatic heterocycles. The molecule has 0 fully saturated rings. The summed E-state index contributed by atoms with van der Waals surface area (Å²) >= 11 is 0. The number of anilines is 1. The molecule has 3 N–H and O–H groups in total. The minimum atomic E-state index is -0.661. The van der Waals surface area contributed by atoms with Crippen LogP contribution in [0.3, 0.4) is 0 Å².